The lowest BCUT2D eigenvalue weighted by Gasteiger charge is -2.47. The van der Waals surface area contributed by atoms with Crippen LogP contribution in [0, 0.1) is 11.3 Å². The topological polar surface area (TPSA) is 69.6 Å². The van der Waals surface area contributed by atoms with Crippen LogP contribution in [0.4, 0.5) is 0 Å². The van der Waals surface area contributed by atoms with Crippen molar-refractivity contribution in [1.29, 1.82) is 0 Å². The van der Waals surface area contributed by atoms with Crippen LogP contribution in [0.1, 0.15) is 27.2 Å². The lowest BCUT2D eigenvalue weighted by molar-refractivity contribution is -0.176. The van der Waals surface area contributed by atoms with Gasteiger partial charge in [0.25, 0.3) is 0 Å². The monoisotopic (exact) mass is 201 g/mol. The second-order valence-electron chi connectivity index (χ2n) is 4.71. The van der Waals surface area contributed by atoms with Gasteiger partial charge in [-0.3, -0.25) is 4.79 Å². The van der Waals surface area contributed by atoms with Crippen molar-refractivity contribution in [2.24, 2.45) is 11.3 Å². The molecule has 2 atom stereocenters. The van der Waals surface area contributed by atoms with Crippen molar-refractivity contribution >= 4 is 5.97 Å². The van der Waals surface area contributed by atoms with Crippen LogP contribution in [0.5, 0.6) is 0 Å². The van der Waals surface area contributed by atoms with Gasteiger partial charge in [-0.15, -0.1) is 0 Å². The lowest BCUT2D eigenvalue weighted by Crippen LogP contribution is -2.60. The Hall–Kier alpha value is -0.610. The largest absolute Gasteiger partial charge is 0.481 e. The smallest absolute Gasteiger partial charge is 0.312 e. The van der Waals surface area contributed by atoms with Crippen LogP contribution in [0.15, 0.2) is 0 Å². The molecule has 0 spiro atoms. The van der Waals surface area contributed by atoms with E-state index in [2.05, 4.69) is 5.32 Å². The minimum Gasteiger partial charge on any atom is -0.481 e. The zero-order chi connectivity index (χ0) is 11.0. The van der Waals surface area contributed by atoms with Gasteiger partial charge < -0.3 is 15.5 Å². The molecule has 0 aliphatic carbocycles. The zero-order valence-corrected chi connectivity index (χ0v) is 9.00. The van der Waals surface area contributed by atoms with Gasteiger partial charge in [0.1, 0.15) is 0 Å². The van der Waals surface area contributed by atoms with E-state index in [9.17, 15) is 9.90 Å². The molecular formula is C10H19NO3. The van der Waals surface area contributed by atoms with Gasteiger partial charge >= 0.3 is 5.97 Å². The number of hydrogen-bond donors (Lipinski definition) is 3. The highest BCUT2D eigenvalue weighted by molar-refractivity contribution is 5.75. The summed E-state index contributed by atoms with van der Waals surface area (Å²) in [7, 11) is 0. The second kappa shape index (κ2) is 3.51. The molecule has 0 aromatic carbocycles. The second-order valence-corrected chi connectivity index (χ2v) is 4.71. The average molecular weight is 201 g/mol. The van der Waals surface area contributed by atoms with Crippen LogP contribution in [0.25, 0.3) is 0 Å². The standard InChI is InChI=1S/C10H19NO3/c1-7-6-11-5-4-10(7,14)9(2,3)8(12)13/h7,11,14H,4-6H2,1-3H3,(H,12,13). The Balaban J connectivity index is 2.96. The summed E-state index contributed by atoms with van der Waals surface area (Å²) in [5, 5.41) is 22.7. The van der Waals surface area contributed by atoms with Gasteiger partial charge in [0.05, 0.1) is 11.0 Å². The number of carboxylic acids is 1. The third kappa shape index (κ3) is 1.53. The number of hydrogen-bond acceptors (Lipinski definition) is 3. The van der Waals surface area contributed by atoms with Gasteiger partial charge in [0.2, 0.25) is 0 Å². The lowest BCUT2D eigenvalue weighted by atomic mass is 9.65. The number of carboxylic acid groups (broad SMARTS) is 1. The Labute approximate surface area is 84.3 Å². The van der Waals surface area contributed by atoms with E-state index in [0.717, 1.165) is 0 Å². The maximum absolute atomic E-state index is 11.1. The van der Waals surface area contributed by atoms with E-state index in [1.165, 1.54) is 0 Å². The van der Waals surface area contributed by atoms with Crippen molar-refractivity contribution in [1.82, 2.24) is 5.32 Å². The minimum atomic E-state index is -1.11. The number of carbonyl (C=O) groups is 1. The predicted molar refractivity (Wildman–Crippen MR) is 53.0 cm³/mol. The molecule has 4 nitrogen and oxygen atoms in total. The summed E-state index contributed by atoms with van der Waals surface area (Å²) in [6.07, 6.45) is 0.494. The molecule has 14 heavy (non-hydrogen) atoms. The number of aliphatic hydroxyl groups is 1. The molecule has 0 aromatic rings. The first-order valence-electron chi connectivity index (χ1n) is 4.99. The first-order chi connectivity index (χ1) is 6.32. The Morgan fingerprint density at radius 3 is 2.57 bits per heavy atom. The molecule has 1 aliphatic heterocycles. The quantitative estimate of drug-likeness (QED) is 0.607. The fourth-order valence-electron chi connectivity index (χ4n) is 2.13. The fraction of sp³-hybridized carbons (Fsp3) is 0.900. The third-order valence-electron chi connectivity index (χ3n) is 3.57. The molecule has 1 aliphatic rings. The first-order valence-corrected chi connectivity index (χ1v) is 4.99. The molecule has 1 saturated heterocycles. The normalized spacial score (nSPS) is 34.1. The van der Waals surface area contributed by atoms with Crippen molar-refractivity contribution in [3.8, 4) is 0 Å². The van der Waals surface area contributed by atoms with Gasteiger partial charge in [-0.25, -0.2) is 0 Å². The molecular weight excluding hydrogens is 182 g/mol. The molecule has 4 heteroatoms. The SMILES string of the molecule is CC1CNCCC1(O)C(C)(C)C(=O)O. The first kappa shape index (κ1) is 11.5. The molecule has 0 aromatic heterocycles. The van der Waals surface area contributed by atoms with Gasteiger partial charge in [-0.2, -0.15) is 0 Å². The molecule has 1 rings (SSSR count). The van der Waals surface area contributed by atoms with E-state index in [1.54, 1.807) is 13.8 Å². The number of piperidine rings is 1. The number of nitrogens with one attached hydrogen (secondary N) is 1. The van der Waals surface area contributed by atoms with Crippen LogP contribution in [-0.4, -0.2) is 34.9 Å². The molecule has 2 unspecified atom stereocenters. The van der Waals surface area contributed by atoms with Crippen LogP contribution in [0.2, 0.25) is 0 Å². The summed E-state index contributed by atoms with van der Waals surface area (Å²) in [6.45, 7) is 6.43. The highest BCUT2D eigenvalue weighted by Gasteiger charge is 2.52. The molecule has 3 N–H and O–H groups in total. The fourth-order valence-corrected chi connectivity index (χ4v) is 2.13. The minimum absolute atomic E-state index is 0.0395. The third-order valence-corrected chi connectivity index (χ3v) is 3.57. The van der Waals surface area contributed by atoms with Crippen LogP contribution < -0.4 is 5.32 Å². The van der Waals surface area contributed by atoms with Gasteiger partial charge in [-0.05, 0) is 32.7 Å². The van der Waals surface area contributed by atoms with Gasteiger partial charge in [-0.1, -0.05) is 6.92 Å². The summed E-state index contributed by atoms with van der Waals surface area (Å²) in [5.41, 5.74) is -2.20. The number of rotatable bonds is 2. The highest BCUT2D eigenvalue weighted by atomic mass is 16.4. The summed E-state index contributed by atoms with van der Waals surface area (Å²) in [4.78, 5) is 11.1. The van der Waals surface area contributed by atoms with Crippen molar-refractivity contribution in [3.63, 3.8) is 0 Å². The Morgan fingerprint density at radius 2 is 2.14 bits per heavy atom. The van der Waals surface area contributed by atoms with Crippen molar-refractivity contribution in [3.05, 3.63) is 0 Å². The summed E-state index contributed by atoms with van der Waals surface area (Å²) >= 11 is 0. The summed E-state index contributed by atoms with van der Waals surface area (Å²) in [5.74, 6) is -0.976. The highest BCUT2D eigenvalue weighted by Crippen LogP contribution is 2.40. The molecule has 1 fully saturated rings. The van der Waals surface area contributed by atoms with E-state index < -0.39 is 17.0 Å². The van der Waals surface area contributed by atoms with Crippen LogP contribution in [-0.2, 0) is 4.79 Å². The molecule has 1 heterocycles. The van der Waals surface area contributed by atoms with E-state index in [0.29, 0.717) is 19.5 Å². The van der Waals surface area contributed by atoms with Crippen molar-refractivity contribution in [2.45, 2.75) is 32.8 Å². The van der Waals surface area contributed by atoms with Gasteiger partial charge in [0, 0.05) is 6.54 Å². The maximum Gasteiger partial charge on any atom is 0.312 e. The Kier molecular flexibility index (Phi) is 2.88. The number of aliphatic carboxylic acids is 1. The van der Waals surface area contributed by atoms with E-state index in [1.807, 2.05) is 6.92 Å². The van der Waals surface area contributed by atoms with E-state index in [4.69, 9.17) is 5.11 Å². The van der Waals surface area contributed by atoms with Crippen molar-refractivity contribution in [2.75, 3.05) is 13.1 Å². The van der Waals surface area contributed by atoms with E-state index >= 15 is 0 Å². The van der Waals surface area contributed by atoms with Crippen LogP contribution in [0.3, 0.4) is 0 Å². The molecule has 0 radical (unpaired) electrons. The van der Waals surface area contributed by atoms with Gasteiger partial charge in [0.15, 0.2) is 0 Å². The predicted octanol–water partition coefficient (Wildman–Crippen LogP) is 0.458. The van der Waals surface area contributed by atoms with E-state index in [-0.39, 0.29) is 5.92 Å². The molecule has 82 valence electrons. The summed E-state index contributed by atoms with van der Waals surface area (Å²) < 4.78 is 0. The molecule has 0 amide bonds. The van der Waals surface area contributed by atoms with Crippen molar-refractivity contribution < 1.29 is 15.0 Å². The average Bonchev–Trinajstić information content (AvgIpc) is 2.09. The maximum atomic E-state index is 11.1. The Bertz CT molecular complexity index is 240. The molecule has 0 saturated carbocycles. The molecule has 0 bridgehead atoms. The Morgan fingerprint density at radius 1 is 1.57 bits per heavy atom. The summed E-state index contributed by atoms with van der Waals surface area (Å²) in [6, 6.07) is 0. The zero-order valence-electron chi connectivity index (χ0n) is 9.00. The van der Waals surface area contributed by atoms with Crippen LogP contribution >= 0.6 is 0 Å².